The summed E-state index contributed by atoms with van der Waals surface area (Å²) < 4.78 is 17.7. The second-order valence-electron chi connectivity index (χ2n) is 4.35. The molecule has 116 valence electrons. The summed E-state index contributed by atoms with van der Waals surface area (Å²) >= 11 is 5.61. The minimum absolute atomic E-state index is 0.172. The van der Waals surface area contributed by atoms with E-state index in [4.69, 9.17) is 11.6 Å². The van der Waals surface area contributed by atoms with E-state index in [2.05, 4.69) is 10.1 Å². The molecule has 1 aromatic rings. The summed E-state index contributed by atoms with van der Waals surface area (Å²) in [4.78, 5) is 21.1. The van der Waals surface area contributed by atoms with Crippen LogP contribution in [0.4, 0.5) is 15.8 Å². The number of esters is 1. The number of rotatable bonds is 8. The number of halogens is 2. The van der Waals surface area contributed by atoms with Gasteiger partial charge in [0.15, 0.2) is 0 Å². The summed E-state index contributed by atoms with van der Waals surface area (Å²) in [5, 5.41) is 13.5. The molecule has 1 rings (SSSR count). The zero-order valence-electron chi connectivity index (χ0n) is 11.5. The number of nitro groups is 1. The molecule has 0 saturated carbocycles. The molecular weight excluding hydrogens is 303 g/mol. The highest BCUT2D eigenvalue weighted by molar-refractivity contribution is 6.31. The Hall–Kier alpha value is -1.89. The van der Waals surface area contributed by atoms with Crippen LogP contribution in [0.3, 0.4) is 0 Å². The molecular formula is C13H16ClFN2O4. The van der Waals surface area contributed by atoms with Gasteiger partial charge in [0.1, 0.15) is 11.5 Å². The maximum absolute atomic E-state index is 13.2. The number of unbranched alkanes of at least 4 members (excludes halogenated alkanes) is 2. The minimum Gasteiger partial charge on any atom is -0.469 e. The zero-order chi connectivity index (χ0) is 15.8. The summed E-state index contributed by atoms with van der Waals surface area (Å²) in [5.41, 5.74) is -0.175. The lowest BCUT2D eigenvalue weighted by Gasteiger charge is -2.08. The molecule has 1 N–H and O–H groups in total. The Balaban J connectivity index is 2.46. The SMILES string of the molecule is COC(=O)CCCCCNc1cc(Cl)c(F)cc1[N+](=O)[O-]. The molecule has 0 bridgehead atoms. The summed E-state index contributed by atoms with van der Waals surface area (Å²) in [7, 11) is 1.33. The first kappa shape index (κ1) is 17.2. The van der Waals surface area contributed by atoms with Crippen molar-refractivity contribution in [3.05, 3.63) is 33.1 Å². The third-order valence-electron chi connectivity index (χ3n) is 2.84. The maximum Gasteiger partial charge on any atom is 0.305 e. The lowest BCUT2D eigenvalue weighted by atomic mass is 10.2. The van der Waals surface area contributed by atoms with Gasteiger partial charge in [-0.3, -0.25) is 14.9 Å². The standard InChI is InChI=1S/C13H16ClFN2O4/c1-21-13(18)5-3-2-4-6-16-11-7-9(14)10(15)8-12(11)17(19)20/h7-8,16H,2-6H2,1H3. The Labute approximate surface area is 126 Å². The molecule has 0 atom stereocenters. The van der Waals surface area contributed by atoms with Gasteiger partial charge < -0.3 is 10.1 Å². The number of carbonyl (C=O) groups is 1. The predicted octanol–water partition coefficient (Wildman–Crippen LogP) is 3.53. The van der Waals surface area contributed by atoms with Crippen molar-refractivity contribution in [1.82, 2.24) is 0 Å². The van der Waals surface area contributed by atoms with Crippen LogP contribution in [-0.4, -0.2) is 24.5 Å². The fourth-order valence-corrected chi connectivity index (χ4v) is 1.89. The van der Waals surface area contributed by atoms with Crippen molar-refractivity contribution in [3.63, 3.8) is 0 Å². The van der Waals surface area contributed by atoms with Gasteiger partial charge in [-0.15, -0.1) is 0 Å². The molecule has 0 unspecified atom stereocenters. The van der Waals surface area contributed by atoms with Crippen LogP contribution in [0.5, 0.6) is 0 Å². The van der Waals surface area contributed by atoms with E-state index in [9.17, 15) is 19.3 Å². The van der Waals surface area contributed by atoms with Gasteiger partial charge in [0, 0.05) is 13.0 Å². The van der Waals surface area contributed by atoms with E-state index in [0.29, 0.717) is 25.8 Å². The number of benzene rings is 1. The van der Waals surface area contributed by atoms with Gasteiger partial charge in [0.05, 0.1) is 23.1 Å². The zero-order valence-corrected chi connectivity index (χ0v) is 12.3. The fourth-order valence-electron chi connectivity index (χ4n) is 1.73. The van der Waals surface area contributed by atoms with Crippen LogP contribution >= 0.6 is 11.6 Å². The van der Waals surface area contributed by atoms with Gasteiger partial charge in [-0.2, -0.15) is 0 Å². The highest BCUT2D eigenvalue weighted by atomic mass is 35.5. The van der Waals surface area contributed by atoms with Crippen LogP contribution in [0.15, 0.2) is 12.1 Å². The molecule has 8 heteroatoms. The minimum atomic E-state index is -0.827. The summed E-state index contributed by atoms with van der Waals surface area (Å²) in [6.07, 6.45) is 2.51. The molecule has 0 radical (unpaired) electrons. The highest BCUT2D eigenvalue weighted by Gasteiger charge is 2.17. The average molecular weight is 319 g/mol. The molecule has 0 spiro atoms. The lowest BCUT2D eigenvalue weighted by molar-refractivity contribution is -0.384. The van der Waals surface area contributed by atoms with Crippen molar-refractivity contribution >= 4 is 28.9 Å². The Morgan fingerprint density at radius 3 is 2.76 bits per heavy atom. The Bertz CT molecular complexity index is 525. The number of anilines is 1. The molecule has 0 saturated heterocycles. The predicted molar refractivity (Wildman–Crippen MR) is 77.0 cm³/mol. The van der Waals surface area contributed by atoms with E-state index in [0.717, 1.165) is 12.5 Å². The number of nitrogens with one attached hydrogen (secondary N) is 1. The van der Waals surface area contributed by atoms with Crippen LogP contribution in [0, 0.1) is 15.9 Å². The Morgan fingerprint density at radius 1 is 1.43 bits per heavy atom. The molecule has 0 aromatic heterocycles. The second kappa shape index (κ2) is 8.41. The number of nitro benzene ring substituents is 1. The first-order chi connectivity index (χ1) is 9.95. The summed E-state index contributed by atoms with van der Waals surface area (Å²) in [6.45, 7) is 0.462. The highest BCUT2D eigenvalue weighted by Crippen LogP contribution is 2.30. The molecule has 0 heterocycles. The van der Waals surface area contributed by atoms with E-state index >= 15 is 0 Å². The summed E-state index contributed by atoms with van der Waals surface area (Å²) in [5.74, 6) is -1.09. The van der Waals surface area contributed by atoms with Gasteiger partial charge in [-0.25, -0.2) is 4.39 Å². The van der Waals surface area contributed by atoms with Crippen molar-refractivity contribution in [2.75, 3.05) is 19.0 Å². The first-order valence-electron chi connectivity index (χ1n) is 6.40. The molecule has 0 aliphatic carbocycles. The maximum atomic E-state index is 13.2. The van der Waals surface area contributed by atoms with Crippen LogP contribution in [0.1, 0.15) is 25.7 Å². The number of hydrogen-bond donors (Lipinski definition) is 1. The fraction of sp³-hybridized carbons (Fsp3) is 0.462. The largest absolute Gasteiger partial charge is 0.469 e. The van der Waals surface area contributed by atoms with Crippen LogP contribution in [-0.2, 0) is 9.53 Å². The van der Waals surface area contributed by atoms with Gasteiger partial charge in [-0.05, 0) is 18.9 Å². The van der Waals surface area contributed by atoms with Gasteiger partial charge in [0.2, 0.25) is 0 Å². The number of ether oxygens (including phenoxy) is 1. The van der Waals surface area contributed by atoms with Crippen LogP contribution < -0.4 is 5.32 Å². The van der Waals surface area contributed by atoms with E-state index in [1.165, 1.54) is 13.2 Å². The van der Waals surface area contributed by atoms with Crippen LogP contribution in [0.2, 0.25) is 5.02 Å². The van der Waals surface area contributed by atoms with Crippen LogP contribution in [0.25, 0.3) is 0 Å². The summed E-state index contributed by atoms with van der Waals surface area (Å²) in [6, 6.07) is 1.99. The Morgan fingerprint density at radius 2 is 2.14 bits per heavy atom. The molecule has 1 aromatic carbocycles. The quantitative estimate of drug-likeness (QED) is 0.343. The molecule has 0 aliphatic heterocycles. The van der Waals surface area contributed by atoms with E-state index in [1.54, 1.807) is 0 Å². The Kier molecular flexibility index (Phi) is 6.87. The number of hydrogen-bond acceptors (Lipinski definition) is 5. The first-order valence-corrected chi connectivity index (χ1v) is 6.77. The van der Waals surface area contributed by atoms with E-state index < -0.39 is 10.7 Å². The van der Waals surface area contributed by atoms with Gasteiger partial charge in [0.25, 0.3) is 5.69 Å². The van der Waals surface area contributed by atoms with Gasteiger partial charge >= 0.3 is 5.97 Å². The smallest absolute Gasteiger partial charge is 0.305 e. The molecule has 0 aliphatic rings. The van der Waals surface area contributed by atoms with Crippen molar-refractivity contribution in [2.24, 2.45) is 0 Å². The normalized spacial score (nSPS) is 10.2. The molecule has 6 nitrogen and oxygen atoms in total. The number of carbonyl (C=O) groups excluding carboxylic acids is 1. The second-order valence-corrected chi connectivity index (χ2v) is 4.76. The third-order valence-corrected chi connectivity index (χ3v) is 3.13. The third kappa shape index (κ3) is 5.55. The van der Waals surface area contributed by atoms with Crippen molar-refractivity contribution in [2.45, 2.75) is 25.7 Å². The molecule has 21 heavy (non-hydrogen) atoms. The van der Waals surface area contributed by atoms with E-state index in [-0.39, 0.29) is 22.4 Å². The number of nitrogens with zero attached hydrogens (tertiary/aromatic N) is 1. The average Bonchev–Trinajstić information content (AvgIpc) is 2.45. The van der Waals surface area contributed by atoms with Crippen molar-refractivity contribution in [3.8, 4) is 0 Å². The topological polar surface area (TPSA) is 81.5 Å². The number of methoxy groups -OCH3 is 1. The lowest BCUT2D eigenvalue weighted by Crippen LogP contribution is -2.05. The molecule has 0 amide bonds. The molecule has 0 fully saturated rings. The van der Waals surface area contributed by atoms with Crippen molar-refractivity contribution < 1.29 is 18.8 Å². The monoisotopic (exact) mass is 318 g/mol. The van der Waals surface area contributed by atoms with Crippen molar-refractivity contribution in [1.29, 1.82) is 0 Å². The van der Waals surface area contributed by atoms with E-state index in [1.807, 2.05) is 0 Å². The van der Waals surface area contributed by atoms with Gasteiger partial charge in [-0.1, -0.05) is 18.0 Å².